The lowest BCUT2D eigenvalue weighted by atomic mass is 10.3. The van der Waals surface area contributed by atoms with Crippen molar-refractivity contribution >= 4 is 11.3 Å². The fourth-order valence-corrected chi connectivity index (χ4v) is 3.28. The summed E-state index contributed by atoms with van der Waals surface area (Å²) in [5, 5.41) is 6.14. The predicted molar refractivity (Wildman–Crippen MR) is 93.5 cm³/mol. The fraction of sp³-hybridized carbons (Fsp3) is 0.167. The molecule has 0 saturated carbocycles. The van der Waals surface area contributed by atoms with E-state index in [1.807, 2.05) is 24.3 Å². The van der Waals surface area contributed by atoms with Gasteiger partial charge in [0.2, 0.25) is 11.7 Å². The van der Waals surface area contributed by atoms with Crippen molar-refractivity contribution in [1.29, 1.82) is 0 Å². The molecule has 0 spiro atoms. The molecule has 7 heteroatoms. The van der Waals surface area contributed by atoms with Gasteiger partial charge in [0.1, 0.15) is 5.76 Å². The topological polar surface area (TPSA) is 68.2 Å². The lowest BCUT2D eigenvalue weighted by Crippen LogP contribution is -2.21. The van der Waals surface area contributed by atoms with Crippen molar-refractivity contribution in [1.82, 2.24) is 20.0 Å². The molecule has 0 bridgehead atoms. The van der Waals surface area contributed by atoms with Crippen LogP contribution in [0.5, 0.6) is 0 Å². The smallest absolute Gasteiger partial charge is 0.241 e. The van der Waals surface area contributed by atoms with E-state index in [9.17, 15) is 0 Å². The van der Waals surface area contributed by atoms with Crippen LogP contribution in [-0.2, 0) is 19.6 Å². The lowest BCUT2D eigenvalue weighted by molar-refractivity contribution is 0.198. The maximum Gasteiger partial charge on any atom is 0.241 e. The maximum atomic E-state index is 5.48. The Kier molecular flexibility index (Phi) is 4.67. The molecule has 0 aliphatic rings. The van der Waals surface area contributed by atoms with Crippen LogP contribution in [0.15, 0.2) is 69.4 Å². The summed E-state index contributed by atoms with van der Waals surface area (Å²) in [4.78, 5) is 12.1. The van der Waals surface area contributed by atoms with E-state index in [0.29, 0.717) is 24.8 Å². The van der Waals surface area contributed by atoms with Crippen molar-refractivity contribution in [3.63, 3.8) is 0 Å². The highest BCUT2D eigenvalue weighted by Gasteiger charge is 2.15. The summed E-state index contributed by atoms with van der Waals surface area (Å²) in [6, 6.07) is 11.8. The van der Waals surface area contributed by atoms with E-state index in [1.165, 1.54) is 4.88 Å². The summed E-state index contributed by atoms with van der Waals surface area (Å²) >= 11 is 1.73. The largest absolute Gasteiger partial charge is 0.468 e. The third-order valence-corrected chi connectivity index (χ3v) is 4.53. The number of hydrogen-bond donors (Lipinski definition) is 0. The Labute approximate surface area is 148 Å². The second-order valence-electron chi connectivity index (χ2n) is 5.56. The second-order valence-corrected chi connectivity index (χ2v) is 6.59. The average molecular weight is 352 g/mol. The van der Waals surface area contributed by atoms with Gasteiger partial charge in [0.05, 0.1) is 19.4 Å². The number of pyridine rings is 1. The van der Waals surface area contributed by atoms with Crippen molar-refractivity contribution in [3.05, 3.63) is 77.0 Å². The van der Waals surface area contributed by atoms with Crippen LogP contribution in [0.2, 0.25) is 0 Å². The van der Waals surface area contributed by atoms with E-state index in [0.717, 1.165) is 17.9 Å². The van der Waals surface area contributed by atoms with Crippen molar-refractivity contribution < 1.29 is 8.94 Å². The van der Waals surface area contributed by atoms with Crippen LogP contribution in [0.1, 0.15) is 16.5 Å². The number of rotatable bonds is 7. The van der Waals surface area contributed by atoms with E-state index in [2.05, 4.69) is 37.5 Å². The highest BCUT2D eigenvalue weighted by molar-refractivity contribution is 7.09. The Morgan fingerprint density at radius 2 is 2.04 bits per heavy atom. The minimum Gasteiger partial charge on any atom is -0.468 e. The third-order valence-electron chi connectivity index (χ3n) is 3.67. The van der Waals surface area contributed by atoms with E-state index < -0.39 is 0 Å². The molecule has 4 aromatic rings. The zero-order chi connectivity index (χ0) is 16.9. The highest BCUT2D eigenvalue weighted by atomic mass is 32.1. The van der Waals surface area contributed by atoms with Crippen LogP contribution in [0, 0.1) is 0 Å². The first-order valence-electron chi connectivity index (χ1n) is 7.87. The molecule has 4 heterocycles. The third kappa shape index (κ3) is 4.01. The quantitative estimate of drug-likeness (QED) is 0.501. The summed E-state index contributed by atoms with van der Waals surface area (Å²) in [6.07, 6.45) is 5.13. The molecule has 25 heavy (non-hydrogen) atoms. The van der Waals surface area contributed by atoms with Gasteiger partial charge in [0.15, 0.2) is 0 Å². The van der Waals surface area contributed by atoms with Gasteiger partial charge in [0, 0.05) is 29.4 Å². The highest BCUT2D eigenvalue weighted by Crippen LogP contribution is 2.19. The van der Waals surface area contributed by atoms with E-state index in [4.69, 9.17) is 8.94 Å². The Bertz CT molecular complexity index is 852. The number of hydrogen-bond acceptors (Lipinski definition) is 7. The summed E-state index contributed by atoms with van der Waals surface area (Å²) in [5.74, 6) is 2.03. The fourth-order valence-electron chi connectivity index (χ4n) is 2.54. The van der Waals surface area contributed by atoms with Crippen molar-refractivity contribution in [2.24, 2.45) is 0 Å². The molecule has 4 aromatic heterocycles. The predicted octanol–water partition coefficient (Wildman–Crippen LogP) is 3.99. The van der Waals surface area contributed by atoms with Crippen LogP contribution in [-0.4, -0.2) is 20.0 Å². The summed E-state index contributed by atoms with van der Waals surface area (Å²) < 4.78 is 10.9. The Balaban J connectivity index is 1.50. The van der Waals surface area contributed by atoms with Gasteiger partial charge in [-0.1, -0.05) is 11.2 Å². The summed E-state index contributed by atoms with van der Waals surface area (Å²) in [6.45, 7) is 2.02. The van der Waals surface area contributed by atoms with Crippen LogP contribution in [0.25, 0.3) is 11.4 Å². The minimum absolute atomic E-state index is 0.547. The first kappa shape index (κ1) is 15.7. The van der Waals surface area contributed by atoms with Crippen molar-refractivity contribution in [2.75, 3.05) is 0 Å². The van der Waals surface area contributed by atoms with Crippen LogP contribution in [0.4, 0.5) is 0 Å². The number of thiophene rings is 1. The normalized spacial score (nSPS) is 11.2. The minimum atomic E-state index is 0.547. The molecule has 0 unspecified atom stereocenters. The zero-order valence-corrected chi connectivity index (χ0v) is 14.2. The molecular weight excluding hydrogens is 336 g/mol. The molecule has 0 fully saturated rings. The van der Waals surface area contributed by atoms with Gasteiger partial charge in [-0.15, -0.1) is 11.3 Å². The second kappa shape index (κ2) is 7.42. The Morgan fingerprint density at radius 3 is 2.80 bits per heavy atom. The van der Waals surface area contributed by atoms with Gasteiger partial charge in [-0.05, 0) is 35.7 Å². The summed E-state index contributed by atoms with van der Waals surface area (Å²) in [7, 11) is 0. The van der Waals surface area contributed by atoms with Crippen LogP contribution < -0.4 is 0 Å². The Morgan fingerprint density at radius 1 is 1.04 bits per heavy atom. The molecule has 4 rings (SSSR count). The van der Waals surface area contributed by atoms with Crippen molar-refractivity contribution in [2.45, 2.75) is 19.6 Å². The van der Waals surface area contributed by atoms with Gasteiger partial charge in [0.25, 0.3) is 0 Å². The molecule has 0 aliphatic carbocycles. The Hall–Kier alpha value is -2.77. The standard InChI is InChI=1S/C18H16N4O2S/c1-4-14(10-19-7-1)18-20-17(24-21-18)13-22(11-15-5-2-8-23-15)12-16-6-3-9-25-16/h1-10H,11-13H2. The van der Waals surface area contributed by atoms with E-state index in [1.54, 1.807) is 30.0 Å². The monoisotopic (exact) mass is 352 g/mol. The van der Waals surface area contributed by atoms with Gasteiger partial charge >= 0.3 is 0 Å². The summed E-state index contributed by atoms with van der Waals surface area (Å²) in [5.41, 5.74) is 0.841. The number of nitrogens with zero attached hydrogens (tertiary/aromatic N) is 4. The van der Waals surface area contributed by atoms with E-state index in [-0.39, 0.29) is 0 Å². The van der Waals surface area contributed by atoms with Crippen LogP contribution in [0.3, 0.4) is 0 Å². The zero-order valence-electron chi connectivity index (χ0n) is 13.4. The van der Waals surface area contributed by atoms with Gasteiger partial charge in [-0.3, -0.25) is 9.88 Å². The molecule has 0 atom stereocenters. The number of aromatic nitrogens is 3. The van der Waals surface area contributed by atoms with Gasteiger partial charge in [-0.25, -0.2) is 0 Å². The van der Waals surface area contributed by atoms with Crippen LogP contribution >= 0.6 is 11.3 Å². The molecule has 0 aliphatic heterocycles. The maximum absolute atomic E-state index is 5.48. The first-order valence-corrected chi connectivity index (χ1v) is 8.75. The molecule has 0 N–H and O–H groups in total. The average Bonchev–Trinajstić information content (AvgIpc) is 3.38. The lowest BCUT2D eigenvalue weighted by Gasteiger charge is -2.18. The number of furan rings is 1. The molecule has 6 nitrogen and oxygen atoms in total. The van der Waals surface area contributed by atoms with Crippen molar-refractivity contribution in [3.8, 4) is 11.4 Å². The molecule has 0 radical (unpaired) electrons. The molecule has 126 valence electrons. The molecule has 0 amide bonds. The first-order chi connectivity index (χ1) is 12.4. The molecular formula is C18H16N4O2S. The molecule has 0 aromatic carbocycles. The SMILES string of the molecule is c1cncc(-c2noc(CN(Cc3ccco3)Cc3cccs3)n2)c1. The molecule has 0 saturated heterocycles. The van der Waals surface area contributed by atoms with Gasteiger partial charge < -0.3 is 8.94 Å². The van der Waals surface area contributed by atoms with Gasteiger partial charge in [-0.2, -0.15) is 4.98 Å². The van der Waals surface area contributed by atoms with E-state index >= 15 is 0 Å².